The van der Waals surface area contributed by atoms with Gasteiger partial charge < -0.3 is 0 Å². The molecule has 4 aliphatic carbocycles. The van der Waals surface area contributed by atoms with E-state index in [2.05, 4.69) is 56.2 Å². The highest BCUT2D eigenvalue weighted by molar-refractivity contribution is 9.12. The molecule has 0 radical (unpaired) electrons. The van der Waals surface area contributed by atoms with Gasteiger partial charge in [0.2, 0.25) is 0 Å². The summed E-state index contributed by atoms with van der Waals surface area (Å²) in [6, 6.07) is 0. The Bertz CT molecular complexity index is 294. The molecule has 0 aromatic heterocycles. The molecule has 0 saturated heterocycles. The van der Waals surface area contributed by atoms with Gasteiger partial charge >= 0.3 is 0 Å². The normalized spacial score (nSPS) is 57.1. The Labute approximate surface area is 95.7 Å². The molecule has 0 heterocycles. The highest BCUT2D eigenvalue weighted by atomic mass is 79.9. The molecule has 5 atom stereocenters. The second-order valence-electron chi connectivity index (χ2n) is 4.40. The maximum Gasteiger partial charge on any atom is 0.0598 e. The first-order chi connectivity index (χ1) is 6.22. The van der Waals surface area contributed by atoms with E-state index in [0.29, 0.717) is 4.83 Å². The second kappa shape index (κ2) is 2.73. The van der Waals surface area contributed by atoms with E-state index >= 15 is 0 Å². The van der Waals surface area contributed by atoms with Gasteiger partial charge in [-0.15, -0.1) is 0 Å². The quantitative estimate of drug-likeness (QED) is 0.473. The zero-order valence-corrected chi connectivity index (χ0v) is 10.5. The van der Waals surface area contributed by atoms with Gasteiger partial charge in [-0.25, -0.2) is 0 Å². The molecule has 0 amide bonds. The summed E-state index contributed by atoms with van der Waals surface area (Å²) >= 11 is 7.74. The number of allylic oxidation sites excluding steroid dienone is 4. The van der Waals surface area contributed by atoms with Crippen molar-refractivity contribution >= 4 is 31.9 Å². The average Bonchev–Trinajstić information content (AvgIpc) is 2.58. The fourth-order valence-corrected chi connectivity index (χ4v) is 4.86. The van der Waals surface area contributed by atoms with Crippen molar-refractivity contribution in [1.82, 2.24) is 0 Å². The molecule has 0 nitrogen and oxygen atoms in total. The SMILES string of the molecule is Br[C@H]1C[C@H]2C=C[C@]1(Br)[C@@H]1CC=C[C@H]21. The highest BCUT2D eigenvalue weighted by Gasteiger charge is 2.53. The van der Waals surface area contributed by atoms with Gasteiger partial charge in [0.05, 0.1) is 4.32 Å². The van der Waals surface area contributed by atoms with Crippen molar-refractivity contribution in [2.45, 2.75) is 22.0 Å². The fraction of sp³-hybridized carbons (Fsp3) is 0.636. The van der Waals surface area contributed by atoms with E-state index in [1.807, 2.05) is 0 Å². The number of rotatable bonds is 0. The third-order valence-electron chi connectivity index (χ3n) is 3.83. The Morgan fingerprint density at radius 3 is 2.92 bits per heavy atom. The van der Waals surface area contributed by atoms with Gasteiger partial charge in [-0.05, 0) is 30.6 Å². The van der Waals surface area contributed by atoms with Crippen LogP contribution in [0.3, 0.4) is 0 Å². The first-order valence-corrected chi connectivity index (χ1v) is 6.61. The molecule has 1 saturated carbocycles. The summed E-state index contributed by atoms with van der Waals surface area (Å²) in [5, 5.41) is 0. The van der Waals surface area contributed by atoms with Gasteiger partial charge in [0, 0.05) is 4.83 Å². The van der Waals surface area contributed by atoms with Crippen LogP contribution in [0.1, 0.15) is 12.8 Å². The molecule has 0 aromatic rings. The molecule has 0 N–H and O–H groups in total. The molecule has 0 aromatic carbocycles. The Morgan fingerprint density at radius 2 is 2.15 bits per heavy atom. The zero-order chi connectivity index (χ0) is 9.05. The van der Waals surface area contributed by atoms with Gasteiger partial charge in [0.25, 0.3) is 0 Å². The van der Waals surface area contributed by atoms with Crippen LogP contribution in [-0.4, -0.2) is 9.15 Å². The van der Waals surface area contributed by atoms with Crippen LogP contribution in [0.5, 0.6) is 0 Å². The minimum atomic E-state index is 0.232. The van der Waals surface area contributed by atoms with Gasteiger partial charge in [0.15, 0.2) is 0 Å². The largest absolute Gasteiger partial charge is 0.0879 e. The van der Waals surface area contributed by atoms with Crippen LogP contribution in [0.15, 0.2) is 24.3 Å². The average molecular weight is 304 g/mol. The lowest BCUT2D eigenvalue weighted by molar-refractivity contribution is 0.210. The van der Waals surface area contributed by atoms with Crippen molar-refractivity contribution in [1.29, 1.82) is 0 Å². The lowest BCUT2D eigenvalue weighted by Gasteiger charge is -2.50. The topological polar surface area (TPSA) is 0 Å². The molecule has 0 aliphatic heterocycles. The predicted molar refractivity (Wildman–Crippen MR) is 62.4 cm³/mol. The molecule has 0 spiro atoms. The van der Waals surface area contributed by atoms with Gasteiger partial charge in [-0.2, -0.15) is 0 Å². The monoisotopic (exact) mass is 302 g/mol. The molecular weight excluding hydrogens is 292 g/mol. The zero-order valence-electron chi connectivity index (χ0n) is 7.29. The first kappa shape index (κ1) is 8.72. The molecule has 2 bridgehead atoms. The van der Waals surface area contributed by atoms with E-state index in [1.54, 1.807) is 0 Å². The van der Waals surface area contributed by atoms with Gasteiger partial charge in [-0.1, -0.05) is 56.2 Å². The van der Waals surface area contributed by atoms with E-state index in [1.165, 1.54) is 12.8 Å². The predicted octanol–water partition coefficient (Wildman–Crippen LogP) is 3.67. The van der Waals surface area contributed by atoms with Crippen molar-refractivity contribution in [2.24, 2.45) is 17.8 Å². The van der Waals surface area contributed by atoms with E-state index in [4.69, 9.17) is 0 Å². The lowest BCUT2D eigenvalue weighted by atomic mass is 9.63. The number of hydrogen-bond donors (Lipinski definition) is 0. The van der Waals surface area contributed by atoms with Crippen LogP contribution in [-0.2, 0) is 0 Å². The second-order valence-corrected chi connectivity index (χ2v) is 6.88. The van der Waals surface area contributed by atoms with Crippen LogP contribution in [0.2, 0.25) is 0 Å². The summed E-state index contributed by atoms with van der Waals surface area (Å²) in [6.07, 6.45) is 12.1. The molecule has 0 unspecified atom stereocenters. The van der Waals surface area contributed by atoms with E-state index in [0.717, 1.165) is 17.8 Å². The number of fused-ring (bicyclic) bond motifs is 1. The summed E-state index contributed by atoms with van der Waals surface area (Å²) in [5.41, 5.74) is 0. The Kier molecular flexibility index (Phi) is 1.83. The maximum absolute atomic E-state index is 3.93. The van der Waals surface area contributed by atoms with Crippen molar-refractivity contribution in [3.8, 4) is 0 Å². The van der Waals surface area contributed by atoms with E-state index in [9.17, 15) is 0 Å². The van der Waals surface area contributed by atoms with Crippen LogP contribution < -0.4 is 0 Å². The summed E-state index contributed by atoms with van der Waals surface area (Å²) in [5.74, 6) is 2.38. The Hall–Kier alpha value is 0.440. The van der Waals surface area contributed by atoms with Crippen LogP contribution >= 0.6 is 31.9 Å². The first-order valence-electron chi connectivity index (χ1n) is 4.91. The summed E-state index contributed by atoms with van der Waals surface area (Å²) in [4.78, 5) is 0.621. The summed E-state index contributed by atoms with van der Waals surface area (Å²) in [7, 11) is 0. The summed E-state index contributed by atoms with van der Waals surface area (Å²) in [6.45, 7) is 0. The van der Waals surface area contributed by atoms with E-state index in [-0.39, 0.29) is 4.32 Å². The maximum atomic E-state index is 3.93. The van der Waals surface area contributed by atoms with Gasteiger partial charge in [0.1, 0.15) is 0 Å². The van der Waals surface area contributed by atoms with Crippen LogP contribution in [0.25, 0.3) is 0 Å². The van der Waals surface area contributed by atoms with Crippen molar-refractivity contribution < 1.29 is 0 Å². The molecule has 2 heteroatoms. The van der Waals surface area contributed by atoms with Crippen molar-refractivity contribution in [3.05, 3.63) is 24.3 Å². The smallest absolute Gasteiger partial charge is 0.0598 e. The highest BCUT2D eigenvalue weighted by Crippen LogP contribution is 2.57. The van der Waals surface area contributed by atoms with Crippen molar-refractivity contribution in [3.63, 3.8) is 0 Å². The van der Waals surface area contributed by atoms with Crippen LogP contribution in [0, 0.1) is 17.8 Å². The van der Waals surface area contributed by atoms with Crippen LogP contribution in [0.4, 0.5) is 0 Å². The third kappa shape index (κ3) is 1.02. The lowest BCUT2D eigenvalue weighted by Crippen LogP contribution is -2.50. The Balaban J connectivity index is 2.08. The fourth-order valence-electron chi connectivity index (χ4n) is 3.11. The molecule has 4 rings (SSSR count). The standard InChI is InChI=1S/C11H12Br2/c12-10-6-7-4-5-11(10,13)9-3-1-2-8(7)9/h1-2,4-5,7-10H,3,6H2/t7-,8-,9-,10+,11+/m1/s1. The molecule has 13 heavy (non-hydrogen) atoms. The molecule has 4 aliphatic rings. The van der Waals surface area contributed by atoms with Crippen molar-refractivity contribution in [2.75, 3.05) is 0 Å². The van der Waals surface area contributed by atoms with E-state index < -0.39 is 0 Å². The Morgan fingerprint density at radius 1 is 1.31 bits per heavy atom. The number of alkyl halides is 2. The third-order valence-corrected chi connectivity index (χ3v) is 6.98. The van der Waals surface area contributed by atoms with Gasteiger partial charge in [-0.3, -0.25) is 0 Å². The molecule has 1 fully saturated rings. The molecular formula is C11H12Br2. The molecule has 70 valence electrons. The minimum absolute atomic E-state index is 0.232. The summed E-state index contributed by atoms with van der Waals surface area (Å²) < 4.78 is 0.232. The minimum Gasteiger partial charge on any atom is -0.0879 e. The number of halogens is 2. The number of hydrogen-bond acceptors (Lipinski definition) is 0.